The van der Waals surface area contributed by atoms with Crippen LogP contribution in [0.25, 0.3) is 0 Å². The number of carbonyl (C=O) groups excluding carboxylic acids is 2. The summed E-state index contributed by atoms with van der Waals surface area (Å²) < 4.78 is 16.1. The van der Waals surface area contributed by atoms with Gasteiger partial charge in [0.2, 0.25) is 6.79 Å². The number of rotatable bonds is 7. The van der Waals surface area contributed by atoms with Crippen LogP contribution in [0.4, 0.5) is 11.4 Å². The van der Waals surface area contributed by atoms with Crippen LogP contribution in [0, 0.1) is 10.1 Å². The second-order valence-electron chi connectivity index (χ2n) is 9.65. The van der Waals surface area contributed by atoms with Crippen LogP contribution in [-0.4, -0.2) is 54.6 Å². The quantitative estimate of drug-likeness (QED) is 0.361. The fraction of sp³-hybridized carbons (Fsp3) is 0.333. The smallest absolute Gasteiger partial charge is 0.289 e. The molecule has 0 saturated carbocycles. The Bertz CT molecular complexity index is 1330. The minimum absolute atomic E-state index is 0.0462. The number of furan rings is 1. The summed E-state index contributed by atoms with van der Waals surface area (Å²) in [6.45, 7) is 5.66. The molecular weight excluding hydrogens is 492 g/mol. The summed E-state index contributed by atoms with van der Waals surface area (Å²) in [6, 6.07) is 12.7. The summed E-state index contributed by atoms with van der Waals surface area (Å²) in [6.07, 6.45) is 1.45. The number of nitro groups is 1. The molecule has 0 radical (unpaired) electrons. The lowest BCUT2D eigenvalue weighted by atomic mass is 9.99. The van der Waals surface area contributed by atoms with Crippen LogP contribution in [0.2, 0.25) is 0 Å². The first-order chi connectivity index (χ1) is 18.3. The Kier molecular flexibility index (Phi) is 7.01. The third-order valence-electron chi connectivity index (χ3n) is 6.97. The Balaban J connectivity index is 1.44. The van der Waals surface area contributed by atoms with E-state index in [0.29, 0.717) is 43.5 Å². The van der Waals surface area contributed by atoms with Gasteiger partial charge in [0.25, 0.3) is 17.5 Å². The van der Waals surface area contributed by atoms with E-state index in [4.69, 9.17) is 13.9 Å². The first-order valence-corrected chi connectivity index (χ1v) is 12.5. The zero-order chi connectivity index (χ0) is 26.8. The van der Waals surface area contributed by atoms with E-state index in [9.17, 15) is 19.7 Å². The summed E-state index contributed by atoms with van der Waals surface area (Å²) in [5.41, 5.74) is 1.75. The standard InChI is InChI=1S/C27H28N4O7/c1-17(2)18-5-7-19(8-6-18)28-26(32)25(20-14-23-24(38-16-37-23)15-21(20)31(34)35)29-9-11-30(12-10-29)27(33)22-4-3-13-36-22/h3-8,13-15,17,25H,9-12,16H2,1-2H3,(H,28,32)/p+1. The molecule has 0 spiro atoms. The number of fused-ring (bicyclic) bond motifs is 1. The first kappa shape index (κ1) is 25.3. The van der Waals surface area contributed by atoms with Crippen molar-refractivity contribution in [3.8, 4) is 11.5 Å². The lowest BCUT2D eigenvalue weighted by Gasteiger charge is -2.35. The van der Waals surface area contributed by atoms with Gasteiger partial charge in [-0.2, -0.15) is 0 Å². The molecular formula is C27H29N4O7+. The van der Waals surface area contributed by atoms with E-state index in [1.807, 2.05) is 24.3 Å². The average Bonchev–Trinajstić information content (AvgIpc) is 3.61. The van der Waals surface area contributed by atoms with Gasteiger partial charge in [-0.25, -0.2) is 0 Å². The van der Waals surface area contributed by atoms with Crippen molar-refractivity contribution in [3.05, 3.63) is 81.8 Å². The Hall–Kier alpha value is -4.38. The molecule has 0 aliphatic carbocycles. The summed E-state index contributed by atoms with van der Waals surface area (Å²) in [4.78, 5) is 40.6. The molecule has 11 nitrogen and oxygen atoms in total. The number of quaternary nitrogens is 1. The molecule has 2 amide bonds. The largest absolute Gasteiger partial charge is 0.459 e. The Morgan fingerprint density at radius 2 is 1.74 bits per heavy atom. The number of ether oxygens (including phenoxy) is 2. The zero-order valence-electron chi connectivity index (χ0n) is 21.1. The van der Waals surface area contributed by atoms with Gasteiger partial charge in [0, 0.05) is 11.8 Å². The van der Waals surface area contributed by atoms with Crippen molar-refractivity contribution in [2.45, 2.75) is 25.8 Å². The van der Waals surface area contributed by atoms with Crippen molar-refractivity contribution in [1.29, 1.82) is 0 Å². The van der Waals surface area contributed by atoms with Crippen molar-refractivity contribution in [2.24, 2.45) is 0 Å². The third kappa shape index (κ3) is 5.05. The van der Waals surface area contributed by atoms with E-state index in [-0.39, 0.29) is 41.4 Å². The first-order valence-electron chi connectivity index (χ1n) is 12.5. The Morgan fingerprint density at radius 3 is 2.34 bits per heavy atom. The van der Waals surface area contributed by atoms with Crippen molar-refractivity contribution in [2.75, 3.05) is 38.3 Å². The van der Waals surface area contributed by atoms with Crippen LogP contribution in [0.5, 0.6) is 11.5 Å². The maximum atomic E-state index is 13.8. The van der Waals surface area contributed by atoms with E-state index >= 15 is 0 Å². The highest BCUT2D eigenvalue weighted by Gasteiger charge is 2.41. The van der Waals surface area contributed by atoms with Crippen molar-refractivity contribution in [1.82, 2.24) is 4.90 Å². The molecule has 2 aliphatic heterocycles. The maximum Gasteiger partial charge on any atom is 0.289 e. The van der Waals surface area contributed by atoms with E-state index in [0.717, 1.165) is 10.5 Å². The monoisotopic (exact) mass is 521 g/mol. The molecule has 38 heavy (non-hydrogen) atoms. The number of nitrogens with one attached hydrogen (secondary N) is 2. The van der Waals surface area contributed by atoms with Crippen LogP contribution in [0.15, 0.2) is 59.2 Å². The van der Waals surface area contributed by atoms with E-state index in [1.54, 1.807) is 17.0 Å². The highest BCUT2D eigenvalue weighted by atomic mass is 16.7. The van der Waals surface area contributed by atoms with Gasteiger partial charge in [0.05, 0.1) is 43.4 Å². The maximum absolute atomic E-state index is 13.8. The number of hydrogen-bond acceptors (Lipinski definition) is 7. The number of nitro benzene ring substituents is 1. The fourth-order valence-corrected chi connectivity index (χ4v) is 4.89. The molecule has 2 N–H and O–H groups in total. The molecule has 1 aromatic heterocycles. The molecule has 1 unspecified atom stereocenters. The number of piperazine rings is 1. The van der Waals surface area contributed by atoms with E-state index in [2.05, 4.69) is 19.2 Å². The normalized spacial score (nSPS) is 15.9. The van der Waals surface area contributed by atoms with Gasteiger partial charge in [-0.05, 0) is 35.7 Å². The number of amides is 2. The van der Waals surface area contributed by atoms with Gasteiger partial charge in [0.15, 0.2) is 23.3 Å². The van der Waals surface area contributed by atoms with Gasteiger partial charge in [-0.3, -0.25) is 19.7 Å². The summed E-state index contributed by atoms with van der Waals surface area (Å²) >= 11 is 0. The molecule has 1 atom stereocenters. The second kappa shape index (κ2) is 10.5. The van der Waals surface area contributed by atoms with Gasteiger partial charge in [0.1, 0.15) is 5.56 Å². The van der Waals surface area contributed by atoms with E-state index < -0.39 is 11.0 Å². The van der Waals surface area contributed by atoms with Crippen molar-refractivity contribution in [3.63, 3.8) is 0 Å². The van der Waals surface area contributed by atoms with Crippen LogP contribution in [-0.2, 0) is 4.79 Å². The minimum Gasteiger partial charge on any atom is -0.459 e. The lowest BCUT2D eigenvalue weighted by molar-refractivity contribution is -0.925. The van der Waals surface area contributed by atoms with Crippen molar-refractivity contribution >= 4 is 23.2 Å². The lowest BCUT2D eigenvalue weighted by Crippen LogP contribution is -3.16. The van der Waals surface area contributed by atoms with Crippen LogP contribution in [0.3, 0.4) is 0 Å². The van der Waals surface area contributed by atoms with Crippen LogP contribution < -0.4 is 19.7 Å². The number of anilines is 1. The number of hydrogen-bond donors (Lipinski definition) is 2. The van der Waals surface area contributed by atoms with Gasteiger partial charge in [-0.1, -0.05) is 26.0 Å². The highest BCUT2D eigenvalue weighted by molar-refractivity contribution is 5.95. The molecule has 198 valence electrons. The SMILES string of the molecule is CC(C)c1ccc(NC(=O)C(c2cc3c(cc2[N+](=O)[O-])OCO3)[NH+]2CCN(C(=O)c3ccco3)CC2)cc1. The predicted octanol–water partition coefficient (Wildman–Crippen LogP) is 2.76. The third-order valence-corrected chi connectivity index (χ3v) is 6.97. The van der Waals surface area contributed by atoms with Gasteiger partial charge >= 0.3 is 0 Å². The van der Waals surface area contributed by atoms with Crippen molar-refractivity contribution < 1.29 is 33.3 Å². The number of carbonyl (C=O) groups is 2. The molecule has 0 bridgehead atoms. The molecule has 1 saturated heterocycles. The molecule has 1 fully saturated rings. The average molecular weight is 522 g/mol. The van der Waals surface area contributed by atoms with Gasteiger partial charge < -0.3 is 29.0 Å². The second-order valence-corrected chi connectivity index (χ2v) is 9.65. The summed E-state index contributed by atoms with van der Waals surface area (Å²) in [5.74, 6) is 0.607. The minimum atomic E-state index is -0.921. The molecule has 5 rings (SSSR count). The fourth-order valence-electron chi connectivity index (χ4n) is 4.89. The van der Waals surface area contributed by atoms with Crippen LogP contribution >= 0.6 is 0 Å². The Morgan fingerprint density at radius 1 is 1.05 bits per heavy atom. The highest BCUT2D eigenvalue weighted by Crippen LogP contribution is 2.40. The zero-order valence-corrected chi connectivity index (χ0v) is 21.1. The molecule has 3 aromatic rings. The van der Waals surface area contributed by atoms with Crippen LogP contribution in [0.1, 0.15) is 47.5 Å². The van der Waals surface area contributed by atoms with Gasteiger partial charge in [-0.15, -0.1) is 0 Å². The molecule has 11 heteroatoms. The summed E-state index contributed by atoms with van der Waals surface area (Å²) in [5, 5.41) is 15.0. The number of benzene rings is 2. The predicted molar refractivity (Wildman–Crippen MR) is 136 cm³/mol. The Labute approximate surface area is 219 Å². The topological polar surface area (TPSA) is 129 Å². The summed E-state index contributed by atoms with van der Waals surface area (Å²) in [7, 11) is 0. The number of nitrogens with zero attached hydrogens (tertiary/aromatic N) is 2. The molecule has 3 heterocycles. The molecule has 2 aromatic carbocycles. The van der Waals surface area contributed by atoms with E-state index in [1.165, 1.54) is 18.4 Å². The molecule has 2 aliphatic rings.